The molecule has 0 amide bonds. The second-order valence-electron chi connectivity index (χ2n) is 6.65. The normalized spacial score (nSPS) is 11.4. The minimum atomic E-state index is 0.696. The molecule has 0 aromatic heterocycles. The van der Waals surface area contributed by atoms with E-state index in [1.807, 2.05) is 36.4 Å². The van der Waals surface area contributed by atoms with Crippen LogP contribution in [0.4, 0.5) is 0 Å². The van der Waals surface area contributed by atoms with Crippen LogP contribution < -0.4 is 20.1 Å². The summed E-state index contributed by atoms with van der Waals surface area (Å²) >= 11 is 0. The molecule has 2 aromatic carbocycles. The lowest BCUT2D eigenvalue weighted by atomic mass is 10.2. The van der Waals surface area contributed by atoms with Crippen LogP contribution in [0.25, 0.3) is 0 Å². The van der Waals surface area contributed by atoms with E-state index in [1.165, 1.54) is 11.1 Å². The molecule has 0 aliphatic carbocycles. The van der Waals surface area contributed by atoms with Gasteiger partial charge in [-0.2, -0.15) is 0 Å². The summed E-state index contributed by atoms with van der Waals surface area (Å²) in [5, 5.41) is 6.66. The highest BCUT2D eigenvalue weighted by Crippen LogP contribution is 2.12. The molecule has 2 aromatic rings. The molecule has 2 N–H and O–H groups in total. The molecular weight excluding hydrogens is 364 g/mol. The molecule has 2 rings (SSSR count). The molecule has 0 unspecified atom stereocenters. The zero-order chi connectivity index (χ0) is 20.9. The molecule has 6 nitrogen and oxygen atoms in total. The van der Waals surface area contributed by atoms with Crippen LogP contribution in [0.3, 0.4) is 0 Å². The van der Waals surface area contributed by atoms with Gasteiger partial charge < -0.3 is 25.0 Å². The maximum absolute atomic E-state index is 5.84. The fourth-order valence-corrected chi connectivity index (χ4v) is 2.87. The Kier molecular flexibility index (Phi) is 9.86. The highest BCUT2D eigenvalue weighted by atomic mass is 16.5. The van der Waals surface area contributed by atoms with Crippen LogP contribution in [0.15, 0.2) is 53.5 Å². The predicted molar refractivity (Wildman–Crippen MR) is 120 cm³/mol. The Morgan fingerprint density at radius 3 is 1.83 bits per heavy atom. The molecule has 158 valence electrons. The van der Waals surface area contributed by atoms with Gasteiger partial charge in [-0.15, -0.1) is 0 Å². The lowest BCUT2D eigenvalue weighted by Crippen LogP contribution is -2.36. The lowest BCUT2D eigenvalue weighted by Gasteiger charge is -2.18. The van der Waals surface area contributed by atoms with Gasteiger partial charge in [0.25, 0.3) is 0 Å². The van der Waals surface area contributed by atoms with Crippen LogP contribution in [-0.4, -0.2) is 51.3 Å². The topological polar surface area (TPSA) is 58.1 Å². The Balaban J connectivity index is 1.74. The van der Waals surface area contributed by atoms with Gasteiger partial charge in [-0.1, -0.05) is 38.1 Å². The van der Waals surface area contributed by atoms with Crippen LogP contribution in [0, 0.1) is 0 Å². The fourth-order valence-electron chi connectivity index (χ4n) is 2.87. The zero-order valence-electron chi connectivity index (χ0n) is 18.1. The van der Waals surface area contributed by atoms with Crippen LogP contribution in [0.2, 0.25) is 0 Å². The molecular formula is C23H34N4O2. The van der Waals surface area contributed by atoms with Crippen molar-refractivity contribution >= 4 is 5.96 Å². The van der Waals surface area contributed by atoms with Crippen molar-refractivity contribution < 1.29 is 9.47 Å². The maximum Gasteiger partial charge on any atom is 0.191 e. The summed E-state index contributed by atoms with van der Waals surface area (Å²) < 4.78 is 11.0. The van der Waals surface area contributed by atoms with E-state index in [2.05, 4.69) is 46.5 Å². The second-order valence-corrected chi connectivity index (χ2v) is 6.65. The van der Waals surface area contributed by atoms with Crippen LogP contribution in [0.5, 0.6) is 11.5 Å². The molecule has 0 atom stereocenters. The van der Waals surface area contributed by atoms with E-state index < -0.39 is 0 Å². The standard InChI is InChI=1S/C23H34N4O2/c1-5-27(6-2)15-16-29-22-13-9-20(10-14-22)18-26-23(24-3)25-17-19-7-11-21(28-4)12-8-19/h7-14H,5-6,15-18H2,1-4H3,(H2,24,25,26). The largest absolute Gasteiger partial charge is 0.497 e. The molecule has 0 saturated carbocycles. The number of hydrogen-bond acceptors (Lipinski definition) is 4. The number of nitrogens with one attached hydrogen (secondary N) is 2. The van der Waals surface area contributed by atoms with Crippen LogP contribution in [-0.2, 0) is 13.1 Å². The number of guanidine groups is 1. The highest BCUT2D eigenvalue weighted by molar-refractivity contribution is 5.79. The summed E-state index contributed by atoms with van der Waals surface area (Å²) in [7, 11) is 3.44. The summed E-state index contributed by atoms with van der Waals surface area (Å²) in [6, 6.07) is 16.2. The summed E-state index contributed by atoms with van der Waals surface area (Å²) in [5.41, 5.74) is 2.34. The molecule has 0 bridgehead atoms. The first-order valence-electron chi connectivity index (χ1n) is 10.2. The zero-order valence-corrected chi connectivity index (χ0v) is 18.1. The first-order valence-corrected chi connectivity index (χ1v) is 10.2. The minimum absolute atomic E-state index is 0.696. The fraction of sp³-hybridized carbons (Fsp3) is 0.435. The van der Waals surface area contributed by atoms with Crippen molar-refractivity contribution in [1.82, 2.24) is 15.5 Å². The summed E-state index contributed by atoms with van der Waals surface area (Å²) in [4.78, 5) is 6.63. The van der Waals surface area contributed by atoms with Crippen molar-refractivity contribution in [2.45, 2.75) is 26.9 Å². The number of nitrogens with zero attached hydrogens (tertiary/aromatic N) is 2. The van der Waals surface area contributed by atoms with Gasteiger partial charge in [-0.3, -0.25) is 4.99 Å². The third-order valence-corrected chi connectivity index (χ3v) is 4.80. The number of rotatable bonds is 11. The van der Waals surface area contributed by atoms with Crippen molar-refractivity contribution in [2.75, 3.05) is 40.4 Å². The van der Waals surface area contributed by atoms with E-state index in [4.69, 9.17) is 9.47 Å². The molecule has 29 heavy (non-hydrogen) atoms. The van der Waals surface area contributed by atoms with Gasteiger partial charge >= 0.3 is 0 Å². The lowest BCUT2D eigenvalue weighted by molar-refractivity contribution is 0.223. The summed E-state index contributed by atoms with van der Waals surface area (Å²) in [5.74, 6) is 2.53. The molecule has 0 aliphatic heterocycles. The number of aliphatic imine (C=N–C) groups is 1. The molecule has 0 spiro atoms. The van der Waals surface area contributed by atoms with Gasteiger partial charge in [0.1, 0.15) is 18.1 Å². The molecule has 0 aliphatic rings. The van der Waals surface area contributed by atoms with Crippen LogP contribution in [0.1, 0.15) is 25.0 Å². The van der Waals surface area contributed by atoms with E-state index in [-0.39, 0.29) is 0 Å². The Morgan fingerprint density at radius 1 is 0.862 bits per heavy atom. The first-order chi connectivity index (χ1) is 14.2. The van der Waals surface area contributed by atoms with Gasteiger partial charge in [-0.05, 0) is 48.5 Å². The third kappa shape index (κ3) is 8.03. The Morgan fingerprint density at radius 2 is 1.38 bits per heavy atom. The van der Waals surface area contributed by atoms with E-state index in [9.17, 15) is 0 Å². The van der Waals surface area contributed by atoms with Gasteiger partial charge in [0.05, 0.1) is 7.11 Å². The SMILES string of the molecule is CCN(CC)CCOc1ccc(CNC(=NC)NCc2ccc(OC)cc2)cc1. The van der Waals surface area contributed by atoms with Gasteiger partial charge in [-0.25, -0.2) is 0 Å². The maximum atomic E-state index is 5.84. The van der Waals surface area contributed by atoms with Crippen LogP contribution >= 0.6 is 0 Å². The minimum Gasteiger partial charge on any atom is -0.497 e. The average molecular weight is 399 g/mol. The van der Waals surface area contributed by atoms with Crippen molar-refractivity contribution in [3.05, 3.63) is 59.7 Å². The van der Waals surface area contributed by atoms with E-state index in [1.54, 1.807) is 14.2 Å². The Bertz CT molecular complexity index is 726. The molecule has 0 saturated heterocycles. The molecule has 0 radical (unpaired) electrons. The molecule has 0 fully saturated rings. The number of methoxy groups -OCH3 is 1. The first kappa shape index (κ1) is 22.6. The quantitative estimate of drug-likeness (QED) is 0.449. The van der Waals surface area contributed by atoms with Crippen molar-refractivity contribution in [3.63, 3.8) is 0 Å². The third-order valence-electron chi connectivity index (χ3n) is 4.80. The van der Waals surface area contributed by atoms with Crippen molar-refractivity contribution in [1.29, 1.82) is 0 Å². The van der Waals surface area contributed by atoms with Crippen molar-refractivity contribution in [2.24, 2.45) is 4.99 Å². The average Bonchev–Trinajstić information content (AvgIpc) is 2.78. The number of benzene rings is 2. The van der Waals surface area contributed by atoms with E-state index >= 15 is 0 Å². The molecule has 6 heteroatoms. The Labute approximate surface area is 174 Å². The van der Waals surface area contributed by atoms with Crippen molar-refractivity contribution in [3.8, 4) is 11.5 Å². The number of hydrogen-bond donors (Lipinski definition) is 2. The summed E-state index contributed by atoms with van der Waals surface area (Å²) in [6.45, 7) is 9.51. The smallest absolute Gasteiger partial charge is 0.191 e. The predicted octanol–water partition coefficient (Wildman–Crippen LogP) is 3.28. The number of likely N-dealkylation sites (N-methyl/N-ethyl adjacent to an activating group) is 1. The van der Waals surface area contributed by atoms with Gasteiger partial charge in [0, 0.05) is 26.7 Å². The highest BCUT2D eigenvalue weighted by Gasteiger charge is 2.02. The van der Waals surface area contributed by atoms with Gasteiger partial charge in [0.2, 0.25) is 0 Å². The second kappa shape index (κ2) is 12.7. The monoisotopic (exact) mass is 398 g/mol. The summed E-state index contributed by atoms with van der Waals surface area (Å²) in [6.07, 6.45) is 0. The van der Waals surface area contributed by atoms with E-state index in [0.29, 0.717) is 19.7 Å². The molecule has 0 heterocycles. The van der Waals surface area contributed by atoms with Gasteiger partial charge in [0.15, 0.2) is 5.96 Å². The van der Waals surface area contributed by atoms with E-state index in [0.717, 1.165) is 37.1 Å². The number of ether oxygens (including phenoxy) is 2. The Hall–Kier alpha value is -2.73.